The number of methoxy groups -OCH3 is 2. The predicted octanol–water partition coefficient (Wildman–Crippen LogP) is 17.2. The van der Waals surface area contributed by atoms with Crippen molar-refractivity contribution in [2.45, 2.75) is 41.5 Å². The minimum absolute atomic E-state index is 0.00600. The van der Waals surface area contributed by atoms with Gasteiger partial charge in [0.2, 0.25) is 0 Å². The Labute approximate surface area is 636 Å². The van der Waals surface area contributed by atoms with Crippen molar-refractivity contribution in [1.82, 2.24) is 0 Å². The van der Waals surface area contributed by atoms with Crippen molar-refractivity contribution in [2.75, 3.05) is 14.2 Å². The van der Waals surface area contributed by atoms with Crippen LogP contribution in [0.5, 0.6) is 69.0 Å². The lowest BCUT2D eigenvalue weighted by Gasteiger charge is -2.25. The van der Waals surface area contributed by atoms with E-state index in [1.807, 2.05) is 76.2 Å². The third-order valence-electron chi connectivity index (χ3n) is 23.8. The summed E-state index contributed by atoms with van der Waals surface area (Å²) in [4.78, 5) is 106. The van der Waals surface area contributed by atoms with Gasteiger partial charge in [0.15, 0.2) is 45.1 Å². The van der Waals surface area contributed by atoms with E-state index in [1.165, 1.54) is 26.4 Å². The lowest BCUT2D eigenvalue weighted by molar-refractivity contribution is 0.111. The zero-order chi connectivity index (χ0) is 79.9. The SMILES string of the molecule is COc1cc(C=O)c2c(=O)c3ccc(C)cc3c3c2c1c1c(OC)cc(C=O)c2c(=O)c4ccc(C)cc4c3c21.Cc1cc(O)c2c(O)c3c(O)cc(=O)c4c5c(O)cc(O)c6c(O)c7c(=O)cc(C)c8c1c2c(c34)c(c65)c78.Cc1ccc2c(O)c3c(O)cc(=O)c4c5c(=O)cc(O)c6c(O)c7ccc(C)cc7c(c65)c(c2c1)c34. The molecule has 0 aromatic heterocycles. The number of phenolic OH excluding ortho intramolecular Hbond substituents is 10. The van der Waals surface area contributed by atoms with Crippen LogP contribution in [0.1, 0.15) is 54.1 Å². The quantitative estimate of drug-likeness (QED) is 0.0444. The molecule has 22 rings (SSSR count). The number of carbonyl (C=O) groups is 2. The molecule has 22 aromatic carbocycles. The molecular weight excluding hydrogens is 1450 g/mol. The minimum Gasteiger partial charge on any atom is -0.507 e. The zero-order valence-electron chi connectivity index (χ0n) is 61.3. The maximum absolute atomic E-state index is 14.1. The van der Waals surface area contributed by atoms with Crippen LogP contribution < -0.4 is 42.0 Å². The summed E-state index contributed by atoms with van der Waals surface area (Å²) in [5, 5.41) is 124. The molecule has 0 unspecified atom stereocenters. The Hall–Kier alpha value is -15.2. The summed E-state index contributed by atoms with van der Waals surface area (Å²) in [6.45, 7) is 11.2. The monoisotopic (exact) mass is 1500 g/mol. The number of hydrogen-bond donors (Lipinski definition) is 10. The van der Waals surface area contributed by atoms with E-state index < -0.39 is 50.5 Å². The van der Waals surface area contributed by atoms with Crippen molar-refractivity contribution < 1.29 is 70.1 Å². The van der Waals surface area contributed by atoms with E-state index in [-0.39, 0.29) is 137 Å². The summed E-state index contributed by atoms with van der Waals surface area (Å²) >= 11 is 0. The Morgan fingerprint density at radius 1 is 0.228 bits per heavy atom. The van der Waals surface area contributed by atoms with Crippen LogP contribution in [0.3, 0.4) is 0 Å². The van der Waals surface area contributed by atoms with E-state index in [0.29, 0.717) is 143 Å². The maximum Gasteiger partial charge on any atom is 0.195 e. The third kappa shape index (κ3) is 8.22. The summed E-state index contributed by atoms with van der Waals surface area (Å²) in [7, 11) is 2.99. The summed E-state index contributed by atoms with van der Waals surface area (Å²) < 4.78 is 11.7. The molecule has 0 heterocycles. The lowest BCUT2D eigenvalue weighted by atomic mass is 9.78. The van der Waals surface area contributed by atoms with Gasteiger partial charge in [0.1, 0.15) is 69.0 Å². The molecule has 10 N–H and O–H groups in total. The third-order valence-corrected chi connectivity index (χ3v) is 23.8. The molecular formula is C94H56O20. The second-order valence-electron chi connectivity index (χ2n) is 30.1. The van der Waals surface area contributed by atoms with Crippen molar-refractivity contribution >= 4 is 217 Å². The average Bonchev–Trinajstić information content (AvgIpc) is 0.657. The molecule has 0 amide bonds. The topological polar surface area (TPSA) is 357 Å². The number of ether oxygens (including phenoxy) is 2. The van der Waals surface area contributed by atoms with E-state index in [0.717, 1.165) is 57.3 Å². The number of aldehydes is 2. The van der Waals surface area contributed by atoms with E-state index in [9.17, 15) is 89.4 Å². The number of hydrogen-bond acceptors (Lipinski definition) is 20. The number of aryl methyl sites for hydroxylation is 6. The zero-order valence-corrected chi connectivity index (χ0v) is 61.3. The maximum atomic E-state index is 14.1. The molecule has 552 valence electrons. The molecule has 0 radical (unpaired) electrons. The molecule has 0 atom stereocenters. The number of phenols is 10. The molecule has 0 aliphatic heterocycles. The largest absolute Gasteiger partial charge is 0.507 e. The average molecular weight is 1510 g/mol. The molecule has 0 aliphatic rings. The molecule has 0 saturated heterocycles. The molecule has 20 nitrogen and oxygen atoms in total. The predicted molar refractivity (Wildman–Crippen MR) is 448 cm³/mol. The molecule has 0 bridgehead atoms. The molecule has 114 heavy (non-hydrogen) atoms. The smallest absolute Gasteiger partial charge is 0.195 e. The first-order valence-electron chi connectivity index (χ1n) is 36.1. The first kappa shape index (κ1) is 68.1. The van der Waals surface area contributed by atoms with Gasteiger partial charge >= 0.3 is 0 Å². The summed E-state index contributed by atoms with van der Waals surface area (Å²) in [6, 6.07) is 32.1. The fourth-order valence-electron chi connectivity index (χ4n) is 19.5. The first-order chi connectivity index (χ1) is 54.6. The van der Waals surface area contributed by atoms with Crippen molar-refractivity contribution in [3.8, 4) is 69.0 Å². The van der Waals surface area contributed by atoms with Gasteiger partial charge in [0.05, 0.1) is 46.5 Å². The number of aromatic hydroxyl groups is 10. The van der Waals surface area contributed by atoms with Crippen LogP contribution in [0.2, 0.25) is 0 Å². The van der Waals surface area contributed by atoms with Gasteiger partial charge in [0, 0.05) is 154 Å². The Morgan fingerprint density at radius 3 is 0.895 bits per heavy atom. The van der Waals surface area contributed by atoms with Crippen molar-refractivity contribution in [1.29, 1.82) is 0 Å². The Balaban J connectivity index is 0.000000111. The second-order valence-corrected chi connectivity index (χ2v) is 30.1. The second kappa shape index (κ2) is 22.7. The number of fused-ring (bicyclic) bond motifs is 14. The van der Waals surface area contributed by atoms with Gasteiger partial charge in [-0.2, -0.15) is 0 Å². The summed E-state index contributed by atoms with van der Waals surface area (Å²) in [5.74, 6) is -3.04. The van der Waals surface area contributed by atoms with Gasteiger partial charge in [0.25, 0.3) is 0 Å². The highest BCUT2D eigenvalue weighted by molar-refractivity contribution is 6.53. The number of benzene rings is 22. The van der Waals surface area contributed by atoms with Crippen molar-refractivity contribution in [2.24, 2.45) is 0 Å². The fourth-order valence-corrected chi connectivity index (χ4v) is 19.5. The van der Waals surface area contributed by atoms with Crippen LogP contribution in [0, 0.1) is 41.5 Å². The van der Waals surface area contributed by atoms with Gasteiger partial charge in [-0.25, -0.2) is 0 Å². The Kier molecular flexibility index (Phi) is 13.6. The number of carbonyl (C=O) groups excluding carboxylic acids is 2. The molecule has 0 aliphatic carbocycles. The fraction of sp³-hybridized carbons (Fsp3) is 0.0851. The van der Waals surface area contributed by atoms with E-state index in [4.69, 9.17) is 9.47 Å². The first-order valence-corrected chi connectivity index (χ1v) is 36.1. The van der Waals surface area contributed by atoms with E-state index in [2.05, 4.69) is 0 Å². The highest BCUT2D eigenvalue weighted by Gasteiger charge is 2.36. The van der Waals surface area contributed by atoms with Crippen LogP contribution >= 0.6 is 0 Å². The van der Waals surface area contributed by atoms with Crippen LogP contribution in [-0.2, 0) is 0 Å². The minimum atomic E-state index is -0.657. The van der Waals surface area contributed by atoms with Gasteiger partial charge in [-0.05, 0) is 131 Å². The van der Waals surface area contributed by atoms with Crippen LogP contribution in [0.4, 0.5) is 0 Å². The molecule has 0 saturated carbocycles. The van der Waals surface area contributed by atoms with E-state index >= 15 is 0 Å². The summed E-state index contributed by atoms with van der Waals surface area (Å²) in [6.07, 6.45) is 1.35. The van der Waals surface area contributed by atoms with Crippen molar-refractivity contribution in [3.63, 3.8) is 0 Å². The van der Waals surface area contributed by atoms with Gasteiger partial charge in [-0.15, -0.1) is 0 Å². The normalized spacial score (nSPS) is 12.3. The Bertz CT molecular complexity index is 8420. The van der Waals surface area contributed by atoms with Crippen LogP contribution in [-0.4, -0.2) is 77.9 Å². The molecule has 0 spiro atoms. The highest BCUT2D eigenvalue weighted by atomic mass is 16.5. The standard InChI is InChI=1S/C34H22O6.C30H16O8.C30H18O6/c1-15-5-7-19-21(9-15)27-28-22-10-16(2)6-8-20(22)34(38)26-18(14-36)12-24(40-4)30(32(26)28)29-23(39-3)11-17(13-35)25(31(27)29)33(19)37;1-7-3-9(31)19-23-15(7)16-8(2)4-10(32)20-24(16)28-26-18(12(34)6-14(36)22(26)30(20)38)17-11(33)5-13(35)21(29(19)37)25(17)27(23)28;1-11-3-5-13-15(7-11)21-22-16-8-12(2)4-6-14(16)30(36)26-20(34)10-18(32)24(28(22)26)23-17(31)9-19(33)25(27(21)23)29(13)35/h5-14H,1-4H3;3-6,31,34-38H,1-2H3;3-10,33-36H,1-2H3. The van der Waals surface area contributed by atoms with Crippen LogP contribution in [0.25, 0.3) is 205 Å². The number of rotatable bonds is 4. The Morgan fingerprint density at radius 2 is 0.500 bits per heavy atom. The van der Waals surface area contributed by atoms with E-state index in [1.54, 1.807) is 50.2 Å². The van der Waals surface area contributed by atoms with Gasteiger partial charge in [-0.3, -0.25) is 38.4 Å². The lowest BCUT2D eigenvalue weighted by Crippen LogP contribution is -2.11. The molecule has 20 heteroatoms. The highest BCUT2D eigenvalue weighted by Crippen LogP contribution is 2.61. The van der Waals surface area contributed by atoms with Gasteiger partial charge in [-0.1, -0.05) is 95.1 Å². The van der Waals surface area contributed by atoms with Gasteiger partial charge < -0.3 is 60.5 Å². The van der Waals surface area contributed by atoms with Crippen LogP contribution in [0.15, 0.2) is 150 Å². The molecule has 22 aromatic rings. The van der Waals surface area contributed by atoms with Crippen molar-refractivity contribution in [3.05, 3.63) is 227 Å². The molecule has 0 fully saturated rings. The summed E-state index contributed by atoms with van der Waals surface area (Å²) in [5.41, 5.74) is 2.49.